The van der Waals surface area contributed by atoms with Gasteiger partial charge in [-0.3, -0.25) is 19.5 Å². The van der Waals surface area contributed by atoms with E-state index in [0.717, 1.165) is 44.7 Å². The number of hydrogen-bond acceptors (Lipinski definition) is 5. The number of rotatable bonds is 4. The third-order valence-corrected chi connectivity index (χ3v) is 4.87. The summed E-state index contributed by atoms with van der Waals surface area (Å²) in [6.45, 7) is 5.42. The molecule has 0 radical (unpaired) electrons. The molecule has 132 valence electrons. The second-order valence-electron chi connectivity index (χ2n) is 6.88. The molecule has 0 bridgehead atoms. The van der Waals surface area contributed by atoms with Crippen LogP contribution in [0.5, 0.6) is 0 Å². The third-order valence-electron chi connectivity index (χ3n) is 4.87. The SMILES string of the molecule is Cc1cc(=O)[nH]c(N2CCN(CC(=O)NC3CCCCC3)CC2)n1. The number of anilines is 1. The molecule has 1 saturated heterocycles. The number of piperazine rings is 1. The predicted octanol–water partition coefficient (Wildman–Crippen LogP) is 0.649. The van der Waals surface area contributed by atoms with Gasteiger partial charge in [-0.1, -0.05) is 19.3 Å². The standard InChI is InChI=1S/C17H27N5O2/c1-13-11-15(23)20-17(18-13)22-9-7-21(8-10-22)12-16(24)19-14-5-3-2-4-6-14/h11,14H,2-10,12H2,1H3,(H,19,24)(H,18,20,23). The summed E-state index contributed by atoms with van der Waals surface area (Å²) in [5.41, 5.74) is 0.606. The average molecular weight is 333 g/mol. The van der Waals surface area contributed by atoms with Crippen LogP contribution in [0.15, 0.2) is 10.9 Å². The maximum absolute atomic E-state index is 12.2. The van der Waals surface area contributed by atoms with Crippen molar-refractivity contribution in [1.82, 2.24) is 20.2 Å². The van der Waals surface area contributed by atoms with E-state index in [-0.39, 0.29) is 11.5 Å². The summed E-state index contributed by atoms with van der Waals surface area (Å²) in [5, 5.41) is 3.17. The molecule has 7 heteroatoms. The number of carbonyl (C=O) groups excluding carboxylic acids is 1. The molecule has 1 aromatic rings. The first-order valence-corrected chi connectivity index (χ1v) is 8.95. The van der Waals surface area contributed by atoms with Gasteiger partial charge in [-0.05, 0) is 19.8 Å². The van der Waals surface area contributed by atoms with Crippen molar-refractivity contribution >= 4 is 11.9 Å². The van der Waals surface area contributed by atoms with Crippen molar-refractivity contribution in [3.63, 3.8) is 0 Å². The van der Waals surface area contributed by atoms with E-state index in [1.807, 2.05) is 6.92 Å². The van der Waals surface area contributed by atoms with E-state index < -0.39 is 0 Å². The van der Waals surface area contributed by atoms with Crippen molar-refractivity contribution in [1.29, 1.82) is 0 Å². The van der Waals surface area contributed by atoms with Gasteiger partial charge in [0.2, 0.25) is 11.9 Å². The van der Waals surface area contributed by atoms with Crippen LogP contribution in [-0.4, -0.2) is 59.5 Å². The fraction of sp³-hybridized carbons (Fsp3) is 0.706. The molecule has 7 nitrogen and oxygen atoms in total. The highest BCUT2D eigenvalue weighted by atomic mass is 16.2. The molecule has 2 fully saturated rings. The van der Waals surface area contributed by atoms with Crippen molar-refractivity contribution in [3.05, 3.63) is 22.1 Å². The topological polar surface area (TPSA) is 81.3 Å². The quantitative estimate of drug-likeness (QED) is 0.845. The lowest BCUT2D eigenvalue weighted by Crippen LogP contribution is -2.51. The van der Waals surface area contributed by atoms with Crippen molar-refractivity contribution in [3.8, 4) is 0 Å². The number of aromatic amines is 1. The van der Waals surface area contributed by atoms with Crippen LogP contribution in [0.1, 0.15) is 37.8 Å². The molecule has 24 heavy (non-hydrogen) atoms. The molecule has 3 rings (SSSR count). The molecule has 1 aliphatic carbocycles. The predicted molar refractivity (Wildman–Crippen MR) is 93.3 cm³/mol. The summed E-state index contributed by atoms with van der Waals surface area (Å²) < 4.78 is 0. The van der Waals surface area contributed by atoms with Gasteiger partial charge in [0.1, 0.15) is 0 Å². The molecule has 2 heterocycles. The lowest BCUT2D eigenvalue weighted by Gasteiger charge is -2.35. The van der Waals surface area contributed by atoms with Crippen molar-refractivity contribution in [2.24, 2.45) is 0 Å². The van der Waals surface area contributed by atoms with Crippen molar-refractivity contribution in [2.75, 3.05) is 37.6 Å². The Labute approximate surface area is 142 Å². The number of aromatic nitrogens is 2. The summed E-state index contributed by atoms with van der Waals surface area (Å²) in [7, 11) is 0. The zero-order valence-electron chi connectivity index (χ0n) is 14.4. The van der Waals surface area contributed by atoms with Gasteiger partial charge in [-0.2, -0.15) is 0 Å². The number of carbonyl (C=O) groups is 1. The minimum absolute atomic E-state index is 0.119. The van der Waals surface area contributed by atoms with Crippen molar-refractivity contribution < 1.29 is 4.79 Å². The minimum Gasteiger partial charge on any atom is -0.352 e. The van der Waals surface area contributed by atoms with E-state index in [0.29, 0.717) is 18.5 Å². The average Bonchev–Trinajstić information content (AvgIpc) is 2.55. The molecular formula is C17H27N5O2. The van der Waals surface area contributed by atoms with E-state index in [9.17, 15) is 9.59 Å². The highest BCUT2D eigenvalue weighted by Crippen LogP contribution is 2.17. The Hall–Kier alpha value is -1.89. The number of amides is 1. The minimum atomic E-state index is -0.119. The normalized spacial score (nSPS) is 20.1. The lowest BCUT2D eigenvalue weighted by atomic mass is 9.95. The Morgan fingerprint density at radius 2 is 1.96 bits per heavy atom. The number of nitrogens with zero attached hydrogens (tertiary/aromatic N) is 3. The molecule has 1 aliphatic heterocycles. The fourth-order valence-corrected chi connectivity index (χ4v) is 3.55. The van der Waals surface area contributed by atoms with Gasteiger partial charge >= 0.3 is 0 Å². The van der Waals surface area contributed by atoms with Crippen LogP contribution in [0.2, 0.25) is 0 Å². The summed E-state index contributed by atoms with van der Waals surface area (Å²) in [6, 6.07) is 1.86. The summed E-state index contributed by atoms with van der Waals surface area (Å²) in [6.07, 6.45) is 5.98. The van der Waals surface area contributed by atoms with Gasteiger partial charge in [0.05, 0.1) is 6.54 Å². The molecule has 2 aliphatic rings. The Morgan fingerprint density at radius 3 is 2.62 bits per heavy atom. The van der Waals surface area contributed by atoms with Gasteiger partial charge in [-0.25, -0.2) is 4.98 Å². The largest absolute Gasteiger partial charge is 0.352 e. The molecule has 0 spiro atoms. The van der Waals surface area contributed by atoms with Crippen LogP contribution in [0, 0.1) is 6.92 Å². The first kappa shape index (κ1) is 17.0. The Morgan fingerprint density at radius 1 is 1.25 bits per heavy atom. The summed E-state index contributed by atoms with van der Waals surface area (Å²) >= 11 is 0. The summed E-state index contributed by atoms with van der Waals surface area (Å²) in [5.74, 6) is 0.767. The number of H-pyrrole nitrogens is 1. The summed E-state index contributed by atoms with van der Waals surface area (Å²) in [4.78, 5) is 35.2. The first-order valence-electron chi connectivity index (χ1n) is 8.95. The van der Waals surface area contributed by atoms with Crippen LogP contribution in [0.3, 0.4) is 0 Å². The molecule has 1 saturated carbocycles. The Kier molecular flexibility index (Phi) is 5.50. The second-order valence-corrected chi connectivity index (χ2v) is 6.88. The van der Waals surface area contributed by atoms with Gasteiger partial charge in [0.25, 0.3) is 5.56 Å². The van der Waals surface area contributed by atoms with Crippen molar-refractivity contribution in [2.45, 2.75) is 45.1 Å². The first-order chi connectivity index (χ1) is 11.6. The van der Waals surface area contributed by atoms with E-state index >= 15 is 0 Å². The van der Waals surface area contributed by atoms with Gasteiger partial charge in [-0.15, -0.1) is 0 Å². The van der Waals surface area contributed by atoms with Gasteiger partial charge in [0, 0.05) is 44.0 Å². The number of hydrogen-bond donors (Lipinski definition) is 2. The zero-order valence-corrected chi connectivity index (χ0v) is 14.4. The number of aryl methyl sites for hydroxylation is 1. The Bertz CT molecular complexity index is 616. The third kappa shape index (κ3) is 4.56. The zero-order chi connectivity index (χ0) is 16.9. The molecule has 1 amide bonds. The molecule has 0 atom stereocenters. The van der Waals surface area contributed by atoms with Crippen LogP contribution < -0.4 is 15.8 Å². The molecule has 0 unspecified atom stereocenters. The smallest absolute Gasteiger partial charge is 0.252 e. The molecular weight excluding hydrogens is 306 g/mol. The van der Waals surface area contributed by atoms with Crippen LogP contribution in [0.25, 0.3) is 0 Å². The molecule has 2 N–H and O–H groups in total. The Balaban J connectivity index is 1.46. The van der Waals surface area contributed by atoms with Gasteiger partial charge in [0.15, 0.2) is 0 Å². The molecule has 1 aromatic heterocycles. The van der Waals surface area contributed by atoms with Crippen LogP contribution in [0.4, 0.5) is 5.95 Å². The fourth-order valence-electron chi connectivity index (χ4n) is 3.55. The van der Waals surface area contributed by atoms with E-state index in [1.165, 1.54) is 25.3 Å². The monoisotopic (exact) mass is 333 g/mol. The van der Waals surface area contributed by atoms with E-state index in [2.05, 4.69) is 25.1 Å². The lowest BCUT2D eigenvalue weighted by molar-refractivity contribution is -0.123. The van der Waals surface area contributed by atoms with Crippen LogP contribution in [-0.2, 0) is 4.79 Å². The highest BCUT2D eigenvalue weighted by molar-refractivity contribution is 5.78. The van der Waals surface area contributed by atoms with Gasteiger partial charge < -0.3 is 10.2 Å². The highest BCUT2D eigenvalue weighted by Gasteiger charge is 2.22. The second kappa shape index (κ2) is 7.79. The van der Waals surface area contributed by atoms with Crippen LogP contribution >= 0.6 is 0 Å². The van der Waals surface area contributed by atoms with E-state index in [1.54, 1.807) is 0 Å². The molecule has 0 aromatic carbocycles. The van der Waals surface area contributed by atoms with E-state index in [4.69, 9.17) is 0 Å². The maximum atomic E-state index is 12.2. The number of nitrogens with one attached hydrogen (secondary N) is 2. The maximum Gasteiger partial charge on any atom is 0.252 e.